The number of para-hydroxylation sites is 1. The molecule has 1 atom stereocenters. The summed E-state index contributed by atoms with van der Waals surface area (Å²) in [6, 6.07) is 25.3. The van der Waals surface area contributed by atoms with Crippen molar-refractivity contribution in [3.8, 4) is 11.4 Å². The fraction of sp³-hybridized carbons (Fsp3) is 0.167. The van der Waals surface area contributed by atoms with Crippen LogP contribution in [0.15, 0.2) is 72.8 Å². The minimum atomic E-state index is 0.293. The van der Waals surface area contributed by atoms with Crippen molar-refractivity contribution in [1.82, 2.24) is 9.97 Å². The van der Waals surface area contributed by atoms with E-state index in [1.54, 1.807) is 0 Å². The number of hydrogen-bond acceptors (Lipinski definition) is 3. The molecule has 0 radical (unpaired) electrons. The van der Waals surface area contributed by atoms with Crippen molar-refractivity contribution in [2.24, 2.45) is 0 Å². The van der Waals surface area contributed by atoms with Gasteiger partial charge in [0.2, 0.25) is 0 Å². The number of benzene rings is 3. The van der Waals surface area contributed by atoms with Gasteiger partial charge in [0.25, 0.3) is 0 Å². The molecule has 0 bridgehead atoms. The van der Waals surface area contributed by atoms with Crippen LogP contribution in [0.1, 0.15) is 29.2 Å². The molecule has 1 heterocycles. The molecule has 0 saturated heterocycles. The summed E-state index contributed by atoms with van der Waals surface area (Å²) in [4.78, 5) is 9.70. The zero-order valence-corrected chi connectivity index (χ0v) is 15.3. The molecule has 0 aliphatic heterocycles. The molecule has 1 aromatic heterocycles. The van der Waals surface area contributed by atoms with Crippen molar-refractivity contribution in [3.63, 3.8) is 0 Å². The van der Waals surface area contributed by atoms with E-state index in [2.05, 4.69) is 54.7 Å². The summed E-state index contributed by atoms with van der Waals surface area (Å²) < 4.78 is 0. The second-order valence-electron chi connectivity index (χ2n) is 7.16. The van der Waals surface area contributed by atoms with Gasteiger partial charge in [0.15, 0.2) is 5.82 Å². The molecule has 27 heavy (non-hydrogen) atoms. The molecule has 4 aromatic rings. The third-order valence-corrected chi connectivity index (χ3v) is 5.45. The summed E-state index contributed by atoms with van der Waals surface area (Å²) >= 11 is 0. The smallest absolute Gasteiger partial charge is 0.162 e. The predicted octanol–water partition coefficient (Wildman–Crippen LogP) is 5.70. The number of fused-ring (bicyclic) bond motifs is 2. The molecule has 3 heteroatoms. The van der Waals surface area contributed by atoms with E-state index in [9.17, 15) is 0 Å². The maximum Gasteiger partial charge on any atom is 0.162 e. The lowest BCUT2D eigenvalue weighted by molar-refractivity contribution is 0.758. The molecule has 0 spiro atoms. The maximum atomic E-state index is 4.91. The molecule has 0 saturated carbocycles. The van der Waals surface area contributed by atoms with Gasteiger partial charge in [0, 0.05) is 10.9 Å². The number of aryl methyl sites for hydroxylation is 1. The fourth-order valence-electron chi connectivity index (χ4n) is 4.06. The number of aromatic nitrogens is 2. The summed E-state index contributed by atoms with van der Waals surface area (Å²) in [5, 5.41) is 4.79. The van der Waals surface area contributed by atoms with E-state index in [1.165, 1.54) is 16.7 Å². The van der Waals surface area contributed by atoms with Gasteiger partial charge in [0.05, 0.1) is 11.6 Å². The Kier molecular flexibility index (Phi) is 3.86. The van der Waals surface area contributed by atoms with Gasteiger partial charge in [-0.1, -0.05) is 60.7 Å². The van der Waals surface area contributed by atoms with Gasteiger partial charge in [-0.3, -0.25) is 0 Å². The van der Waals surface area contributed by atoms with Crippen LogP contribution in [-0.4, -0.2) is 9.97 Å². The van der Waals surface area contributed by atoms with Crippen LogP contribution in [0, 0.1) is 6.92 Å². The maximum absolute atomic E-state index is 4.91. The predicted molar refractivity (Wildman–Crippen MR) is 111 cm³/mol. The molecular formula is C24H21N3. The van der Waals surface area contributed by atoms with E-state index in [-0.39, 0.29) is 0 Å². The van der Waals surface area contributed by atoms with Crippen LogP contribution >= 0.6 is 0 Å². The van der Waals surface area contributed by atoms with Crippen LogP contribution < -0.4 is 5.32 Å². The molecule has 3 aromatic carbocycles. The van der Waals surface area contributed by atoms with E-state index in [0.29, 0.717) is 6.04 Å². The van der Waals surface area contributed by atoms with Crippen molar-refractivity contribution in [1.29, 1.82) is 0 Å². The molecule has 5 rings (SSSR count). The topological polar surface area (TPSA) is 37.8 Å². The first kappa shape index (κ1) is 16.0. The number of anilines is 1. The summed E-state index contributed by atoms with van der Waals surface area (Å²) in [6.45, 7) is 2.20. The molecule has 0 fully saturated rings. The van der Waals surface area contributed by atoms with Crippen LogP contribution in [0.25, 0.3) is 22.3 Å². The molecular weight excluding hydrogens is 330 g/mol. The first-order valence-electron chi connectivity index (χ1n) is 9.47. The Morgan fingerprint density at radius 1 is 0.852 bits per heavy atom. The highest BCUT2D eigenvalue weighted by molar-refractivity contribution is 5.90. The molecule has 0 amide bonds. The first-order chi connectivity index (χ1) is 13.3. The number of rotatable bonds is 3. The first-order valence-corrected chi connectivity index (χ1v) is 9.47. The van der Waals surface area contributed by atoms with Gasteiger partial charge in [-0.05, 0) is 48.6 Å². The molecule has 3 nitrogen and oxygen atoms in total. The Hall–Kier alpha value is -3.20. The van der Waals surface area contributed by atoms with Crippen molar-refractivity contribution in [2.75, 3.05) is 5.32 Å². The second kappa shape index (κ2) is 6.51. The Balaban J connectivity index is 1.60. The highest BCUT2D eigenvalue weighted by Gasteiger charge is 2.24. The Bertz CT molecular complexity index is 1120. The lowest BCUT2D eigenvalue weighted by Gasteiger charge is -2.17. The minimum Gasteiger partial charge on any atom is -0.363 e. The third kappa shape index (κ3) is 2.85. The average Bonchev–Trinajstić information content (AvgIpc) is 3.13. The van der Waals surface area contributed by atoms with Gasteiger partial charge in [-0.15, -0.1) is 0 Å². The van der Waals surface area contributed by atoms with Gasteiger partial charge in [-0.2, -0.15) is 0 Å². The van der Waals surface area contributed by atoms with E-state index in [4.69, 9.17) is 9.97 Å². The van der Waals surface area contributed by atoms with E-state index in [0.717, 1.165) is 41.0 Å². The summed E-state index contributed by atoms with van der Waals surface area (Å²) in [6.07, 6.45) is 2.22. The molecule has 1 N–H and O–H groups in total. The molecule has 1 aliphatic carbocycles. The quantitative estimate of drug-likeness (QED) is 0.514. The largest absolute Gasteiger partial charge is 0.363 e. The Morgan fingerprint density at radius 3 is 2.56 bits per heavy atom. The molecule has 1 aliphatic rings. The van der Waals surface area contributed by atoms with Gasteiger partial charge in [0.1, 0.15) is 5.82 Å². The summed E-state index contributed by atoms with van der Waals surface area (Å²) in [5.41, 5.74) is 6.27. The lowest BCUT2D eigenvalue weighted by Crippen LogP contribution is -2.10. The number of hydrogen-bond donors (Lipinski definition) is 1. The average molecular weight is 351 g/mol. The Labute approximate surface area is 159 Å². The molecule has 132 valence electrons. The normalized spacial score (nSPS) is 15.7. The summed E-state index contributed by atoms with van der Waals surface area (Å²) in [7, 11) is 0. The SMILES string of the molecule is Cc1cccc2c1CCC2Nc1nc(-c2ccccc2)nc2ccccc12. The van der Waals surface area contributed by atoms with Crippen LogP contribution in [0.2, 0.25) is 0 Å². The van der Waals surface area contributed by atoms with Crippen molar-refractivity contribution in [3.05, 3.63) is 89.5 Å². The number of nitrogens with one attached hydrogen (secondary N) is 1. The van der Waals surface area contributed by atoms with Crippen molar-refractivity contribution in [2.45, 2.75) is 25.8 Å². The van der Waals surface area contributed by atoms with E-state index < -0.39 is 0 Å². The van der Waals surface area contributed by atoms with Crippen LogP contribution in [0.5, 0.6) is 0 Å². The van der Waals surface area contributed by atoms with E-state index in [1.807, 2.05) is 30.3 Å². The zero-order valence-electron chi connectivity index (χ0n) is 15.3. The second-order valence-corrected chi connectivity index (χ2v) is 7.16. The van der Waals surface area contributed by atoms with Crippen LogP contribution in [-0.2, 0) is 6.42 Å². The third-order valence-electron chi connectivity index (χ3n) is 5.45. The standard InChI is InChI=1S/C24H21N3/c1-16-8-7-12-19-18(16)14-15-22(19)26-24-20-11-5-6-13-21(20)25-23(27-24)17-9-3-2-4-10-17/h2-13,22H,14-15H2,1H3,(H,25,26,27). The number of nitrogens with zero attached hydrogens (tertiary/aromatic N) is 2. The summed E-state index contributed by atoms with van der Waals surface area (Å²) in [5.74, 6) is 1.68. The van der Waals surface area contributed by atoms with E-state index >= 15 is 0 Å². The lowest BCUT2D eigenvalue weighted by atomic mass is 10.0. The zero-order chi connectivity index (χ0) is 18.2. The van der Waals surface area contributed by atoms with Crippen molar-refractivity contribution >= 4 is 16.7 Å². The van der Waals surface area contributed by atoms with Gasteiger partial charge >= 0.3 is 0 Å². The van der Waals surface area contributed by atoms with Crippen LogP contribution in [0.4, 0.5) is 5.82 Å². The Morgan fingerprint density at radius 2 is 1.67 bits per heavy atom. The van der Waals surface area contributed by atoms with Crippen molar-refractivity contribution < 1.29 is 0 Å². The molecule has 1 unspecified atom stereocenters. The minimum absolute atomic E-state index is 0.293. The van der Waals surface area contributed by atoms with Gasteiger partial charge in [-0.25, -0.2) is 9.97 Å². The monoisotopic (exact) mass is 351 g/mol. The fourth-order valence-corrected chi connectivity index (χ4v) is 4.06. The van der Waals surface area contributed by atoms with Gasteiger partial charge < -0.3 is 5.32 Å². The highest BCUT2D eigenvalue weighted by atomic mass is 15.1. The van der Waals surface area contributed by atoms with Crippen LogP contribution in [0.3, 0.4) is 0 Å². The highest BCUT2D eigenvalue weighted by Crippen LogP contribution is 2.36.